The van der Waals surface area contributed by atoms with Crippen LogP contribution in [0.3, 0.4) is 0 Å². The van der Waals surface area contributed by atoms with Gasteiger partial charge in [-0.2, -0.15) is 0 Å². The van der Waals surface area contributed by atoms with Crippen molar-refractivity contribution in [2.24, 2.45) is 0 Å². The van der Waals surface area contributed by atoms with Crippen LogP contribution >= 0.6 is 15.9 Å². The Morgan fingerprint density at radius 3 is 2.76 bits per heavy atom. The van der Waals surface area contributed by atoms with Crippen LogP contribution < -0.4 is 14.8 Å². The Bertz CT molecular complexity index is 391. The molecule has 1 aromatic rings. The molecule has 1 saturated carbocycles. The van der Waals surface area contributed by atoms with Crippen molar-refractivity contribution in [3.05, 3.63) is 22.2 Å². The second-order valence-corrected chi connectivity index (χ2v) is 5.05. The molecule has 1 aliphatic rings. The van der Waals surface area contributed by atoms with E-state index in [0.29, 0.717) is 12.6 Å². The summed E-state index contributed by atoms with van der Waals surface area (Å²) in [6, 6.07) is 4.84. The van der Waals surface area contributed by atoms with Crippen LogP contribution in [-0.2, 0) is 6.54 Å². The van der Waals surface area contributed by atoms with Crippen molar-refractivity contribution in [2.45, 2.75) is 32.4 Å². The number of hydrogen-bond donors (Lipinski definition) is 1. The normalized spacial score (nSPS) is 14.8. The molecule has 0 bridgehead atoms. The van der Waals surface area contributed by atoms with Crippen molar-refractivity contribution >= 4 is 15.9 Å². The van der Waals surface area contributed by atoms with Gasteiger partial charge in [0.1, 0.15) is 0 Å². The van der Waals surface area contributed by atoms with Crippen LogP contribution in [0, 0.1) is 0 Å². The molecule has 0 aromatic heterocycles. The van der Waals surface area contributed by atoms with E-state index >= 15 is 0 Å². The average molecular weight is 300 g/mol. The Balaban J connectivity index is 2.14. The van der Waals surface area contributed by atoms with E-state index in [9.17, 15) is 0 Å². The second-order valence-electron chi connectivity index (χ2n) is 4.20. The molecule has 0 amide bonds. The van der Waals surface area contributed by atoms with Gasteiger partial charge >= 0.3 is 0 Å². The fourth-order valence-corrected chi connectivity index (χ4v) is 2.39. The fourth-order valence-electron chi connectivity index (χ4n) is 1.73. The average Bonchev–Trinajstić information content (AvgIpc) is 3.10. The van der Waals surface area contributed by atoms with Gasteiger partial charge in [-0.1, -0.05) is 0 Å². The van der Waals surface area contributed by atoms with E-state index in [1.165, 1.54) is 18.4 Å². The molecule has 1 aliphatic carbocycles. The highest BCUT2D eigenvalue weighted by molar-refractivity contribution is 9.10. The molecule has 0 atom stereocenters. The van der Waals surface area contributed by atoms with E-state index in [-0.39, 0.29) is 0 Å². The van der Waals surface area contributed by atoms with Crippen molar-refractivity contribution in [1.82, 2.24) is 5.32 Å². The zero-order valence-corrected chi connectivity index (χ0v) is 11.8. The zero-order chi connectivity index (χ0) is 12.3. The van der Waals surface area contributed by atoms with Crippen LogP contribution in [0.2, 0.25) is 0 Å². The van der Waals surface area contributed by atoms with E-state index in [1.54, 1.807) is 7.11 Å². The largest absolute Gasteiger partial charge is 0.492 e. The highest BCUT2D eigenvalue weighted by atomic mass is 79.9. The van der Waals surface area contributed by atoms with Crippen LogP contribution in [0.1, 0.15) is 25.3 Å². The summed E-state index contributed by atoms with van der Waals surface area (Å²) in [5.41, 5.74) is 1.22. The smallest absolute Gasteiger partial charge is 0.174 e. The van der Waals surface area contributed by atoms with Gasteiger partial charge in [0.05, 0.1) is 18.2 Å². The van der Waals surface area contributed by atoms with Crippen LogP contribution in [0.25, 0.3) is 0 Å². The lowest BCUT2D eigenvalue weighted by atomic mass is 10.2. The first-order chi connectivity index (χ1) is 8.24. The Labute approximate surface area is 111 Å². The summed E-state index contributed by atoms with van der Waals surface area (Å²) >= 11 is 3.52. The Kier molecular flexibility index (Phi) is 4.29. The third-order valence-electron chi connectivity index (χ3n) is 2.75. The fraction of sp³-hybridized carbons (Fsp3) is 0.538. The second kappa shape index (κ2) is 5.74. The topological polar surface area (TPSA) is 30.5 Å². The first-order valence-corrected chi connectivity index (χ1v) is 6.76. The van der Waals surface area contributed by atoms with Gasteiger partial charge in [-0.15, -0.1) is 0 Å². The SMILES string of the molecule is CCOc1cc(CNC2CC2)cc(Br)c1OC. The third kappa shape index (κ3) is 3.36. The molecule has 0 saturated heterocycles. The van der Waals surface area contributed by atoms with Gasteiger partial charge in [-0.05, 0) is 53.4 Å². The van der Waals surface area contributed by atoms with Gasteiger partial charge in [0.25, 0.3) is 0 Å². The van der Waals surface area contributed by atoms with Gasteiger partial charge in [0.2, 0.25) is 0 Å². The molecular weight excluding hydrogens is 282 g/mol. The summed E-state index contributed by atoms with van der Waals surface area (Å²) in [5.74, 6) is 1.57. The molecule has 4 heteroatoms. The first-order valence-electron chi connectivity index (χ1n) is 5.97. The maximum absolute atomic E-state index is 5.59. The summed E-state index contributed by atoms with van der Waals surface area (Å²) in [6.45, 7) is 3.50. The molecule has 3 nitrogen and oxygen atoms in total. The lowest BCUT2D eigenvalue weighted by Crippen LogP contribution is -2.15. The molecule has 0 aliphatic heterocycles. The quantitative estimate of drug-likeness (QED) is 0.875. The number of hydrogen-bond acceptors (Lipinski definition) is 3. The monoisotopic (exact) mass is 299 g/mol. The highest BCUT2D eigenvalue weighted by Crippen LogP contribution is 2.36. The molecule has 2 rings (SSSR count). The lowest BCUT2D eigenvalue weighted by Gasteiger charge is -2.13. The summed E-state index contributed by atoms with van der Waals surface area (Å²) in [5, 5.41) is 3.49. The standard InChI is InChI=1S/C13H18BrNO2/c1-3-17-12-7-9(8-15-10-4-5-10)6-11(14)13(12)16-2/h6-7,10,15H,3-5,8H2,1-2H3. The number of rotatable bonds is 6. The van der Waals surface area contributed by atoms with Crippen LogP contribution in [0.4, 0.5) is 0 Å². The van der Waals surface area contributed by atoms with Crippen LogP contribution in [-0.4, -0.2) is 19.8 Å². The summed E-state index contributed by atoms with van der Waals surface area (Å²) in [7, 11) is 1.66. The Morgan fingerprint density at radius 2 is 2.18 bits per heavy atom. The zero-order valence-electron chi connectivity index (χ0n) is 10.3. The molecular formula is C13H18BrNO2. The predicted molar refractivity (Wildman–Crippen MR) is 71.7 cm³/mol. The third-order valence-corrected chi connectivity index (χ3v) is 3.33. The van der Waals surface area contributed by atoms with Gasteiger partial charge in [-0.25, -0.2) is 0 Å². The summed E-state index contributed by atoms with van der Waals surface area (Å²) < 4.78 is 11.9. The molecule has 1 N–H and O–H groups in total. The van der Waals surface area contributed by atoms with E-state index in [2.05, 4.69) is 27.3 Å². The molecule has 17 heavy (non-hydrogen) atoms. The highest BCUT2D eigenvalue weighted by Gasteiger charge is 2.20. The lowest BCUT2D eigenvalue weighted by molar-refractivity contribution is 0.309. The first kappa shape index (κ1) is 12.7. The number of benzene rings is 1. The molecule has 1 fully saturated rings. The molecule has 1 aromatic carbocycles. The number of nitrogens with one attached hydrogen (secondary N) is 1. The van der Waals surface area contributed by atoms with Crippen molar-refractivity contribution in [3.8, 4) is 11.5 Å². The minimum atomic E-state index is 0.641. The number of methoxy groups -OCH3 is 1. The Hall–Kier alpha value is -0.740. The van der Waals surface area contributed by atoms with Crippen molar-refractivity contribution in [3.63, 3.8) is 0 Å². The molecule has 94 valence electrons. The van der Waals surface area contributed by atoms with Crippen molar-refractivity contribution < 1.29 is 9.47 Å². The van der Waals surface area contributed by atoms with Crippen LogP contribution in [0.15, 0.2) is 16.6 Å². The van der Waals surface area contributed by atoms with Gasteiger partial charge < -0.3 is 14.8 Å². The molecule has 0 unspecified atom stereocenters. The van der Waals surface area contributed by atoms with Crippen LogP contribution in [0.5, 0.6) is 11.5 Å². The summed E-state index contributed by atoms with van der Waals surface area (Å²) in [6.07, 6.45) is 2.60. The molecule has 0 radical (unpaired) electrons. The van der Waals surface area contributed by atoms with E-state index in [0.717, 1.165) is 22.5 Å². The number of ether oxygens (including phenoxy) is 2. The summed E-state index contributed by atoms with van der Waals surface area (Å²) in [4.78, 5) is 0. The Morgan fingerprint density at radius 1 is 1.41 bits per heavy atom. The minimum Gasteiger partial charge on any atom is -0.492 e. The van der Waals surface area contributed by atoms with Gasteiger partial charge in [0, 0.05) is 12.6 Å². The van der Waals surface area contributed by atoms with Crippen molar-refractivity contribution in [2.75, 3.05) is 13.7 Å². The molecule has 0 spiro atoms. The molecule has 0 heterocycles. The van der Waals surface area contributed by atoms with E-state index in [4.69, 9.17) is 9.47 Å². The maximum Gasteiger partial charge on any atom is 0.174 e. The maximum atomic E-state index is 5.59. The van der Waals surface area contributed by atoms with E-state index < -0.39 is 0 Å². The minimum absolute atomic E-state index is 0.641. The van der Waals surface area contributed by atoms with Gasteiger partial charge in [0.15, 0.2) is 11.5 Å². The predicted octanol–water partition coefficient (Wildman–Crippen LogP) is 3.11. The van der Waals surface area contributed by atoms with E-state index in [1.807, 2.05) is 13.0 Å². The van der Waals surface area contributed by atoms with Gasteiger partial charge in [-0.3, -0.25) is 0 Å². The van der Waals surface area contributed by atoms with Crippen molar-refractivity contribution in [1.29, 1.82) is 0 Å². The number of halogens is 1.